The van der Waals surface area contributed by atoms with Gasteiger partial charge in [-0.2, -0.15) is 18.3 Å². The molecule has 0 saturated heterocycles. The Labute approximate surface area is 196 Å². The summed E-state index contributed by atoms with van der Waals surface area (Å²) in [5, 5.41) is 6.85. The number of hydrogen-bond donors (Lipinski definition) is 1. The highest BCUT2D eigenvalue weighted by Gasteiger charge is 2.31. The van der Waals surface area contributed by atoms with Crippen molar-refractivity contribution in [1.82, 2.24) is 19.7 Å². The summed E-state index contributed by atoms with van der Waals surface area (Å²) in [7, 11) is 1.51. The third kappa shape index (κ3) is 5.21. The molecule has 2 aromatic heterocycles. The van der Waals surface area contributed by atoms with Gasteiger partial charge in [0.15, 0.2) is 6.61 Å². The van der Waals surface area contributed by atoms with Gasteiger partial charge in [-0.05, 0) is 49.4 Å². The van der Waals surface area contributed by atoms with Crippen LogP contribution in [-0.2, 0) is 15.7 Å². The van der Waals surface area contributed by atoms with Gasteiger partial charge in [-0.3, -0.25) is 9.78 Å². The van der Waals surface area contributed by atoms with E-state index in [0.717, 1.165) is 18.2 Å². The van der Waals surface area contributed by atoms with Gasteiger partial charge in [-0.1, -0.05) is 0 Å². The van der Waals surface area contributed by atoms with Gasteiger partial charge in [0.25, 0.3) is 5.91 Å². The van der Waals surface area contributed by atoms with E-state index in [2.05, 4.69) is 20.4 Å². The Kier molecular flexibility index (Phi) is 6.36. The fourth-order valence-corrected chi connectivity index (χ4v) is 3.32. The van der Waals surface area contributed by atoms with E-state index in [4.69, 9.17) is 9.47 Å². The Balaban J connectivity index is 1.51. The van der Waals surface area contributed by atoms with Crippen LogP contribution in [0.4, 0.5) is 18.9 Å². The molecule has 0 fully saturated rings. The van der Waals surface area contributed by atoms with Crippen LogP contribution in [0.3, 0.4) is 0 Å². The summed E-state index contributed by atoms with van der Waals surface area (Å²) in [6.07, 6.45) is -2.17. The van der Waals surface area contributed by atoms with Crippen molar-refractivity contribution in [3.8, 4) is 11.4 Å². The number of pyridine rings is 1. The lowest BCUT2D eigenvalue weighted by Gasteiger charge is -2.14. The molecular formula is C23H18F3N5O4. The van der Waals surface area contributed by atoms with Crippen LogP contribution in [0, 0.1) is 6.92 Å². The van der Waals surface area contributed by atoms with Crippen molar-refractivity contribution >= 4 is 28.5 Å². The zero-order chi connectivity index (χ0) is 25.2. The van der Waals surface area contributed by atoms with Gasteiger partial charge < -0.3 is 14.8 Å². The number of aryl methyl sites for hydroxylation is 1. The van der Waals surface area contributed by atoms with Crippen LogP contribution in [0.2, 0.25) is 0 Å². The topological polar surface area (TPSA) is 108 Å². The lowest BCUT2D eigenvalue weighted by Crippen LogP contribution is -2.22. The van der Waals surface area contributed by atoms with Crippen LogP contribution in [0.1, 0.15) is 21.6 Å². The third-order valence-electron chi connectivity index (χ3n) is 5.03. The predicted octanol–water partition coefficient (Wildman–Crippen LogP) is 3.95. The number of aromatic nitrogens is 4. The van der Waals surface area contributed by atoms with Crippen molar-refractivity contribution in [3.05, 3.63) is 71.9 Å². The highest BCUT2D eigenvalue weighted by molar-refractivity contribution is 5.98. The SMILES string of the molecule is COc1ccc2nc(C)c(C(=O)OCC(=O)Nc3cc(C(F)(F)F)ccc3-n3cncn3)cc2c1. The van der Waals surface area contributed by atoms with Crippen molar-refractivity contribution in [2.24, 2.45) is 0 Å². The van der Waals surface area contributed by atoms with Crippen LogP contribution < -0.4 is 10.1 Å². The summed E-state index contributed by atoms with van der Waals surface area (Å²) in [4.78, 5) is 33.2. The zero-order valence-electron chi connectivity index (χ0n) is 18.5. The number of carbonyl (C=O) groups is 2. The first-order chi connectivity index (χ1) is 16.7. The van der Waals surface area contributed by atoms with Crippen LogP contribution >= 0.6 is 0 Å². The number of methoxy groups -OCH3 is 1. The largest absolute Gasteiger partial charge is 0.497 e. The molecule has 0 bridgehead atoms. The van der Waals surface area contributed by atoms with Crippen molar-refractivity contribution in [2.45, 2.75) is 13.1 Å². The number of nitrogens with zero attached hydrogens (tertiary/aromatic N) is 4. The van der Waals surface area contributed by atoms with Crippen LogP contribution in [0.25, 0.3) is 16.6 Å². The molecule has 180 valence electrons. The average molecular weight is 485 g/mol. The molecule has 0 aliphatic heterocycles. The minimum Gasteiger partial charge on any atom is -0.497 e. The normalized spacial score (nSPS) is 11.3. The number of anilines is 1. The summed E-state index contributed by atoms with van der Waals surface area (Å²) in [5.41, 5.74) is 0.172. The molecule has 2 heterocycles. The second-order valence-corrected chi connectivity index (χ2v) is 7.37. The highest BCUT2D eigenvalue weighted by atomic mass is 19.4. The number of amides is 1. The molecule has 0 atom stereocenters. The Morgan fingerprint density at radius 2 is 1.91 bits per heavy atom. The number of hydrogen-bond acceptors (Lipinski definition) is 7. The molecule has 9 nitrogen and oxygen atoms in total. The number of ether oxygens (including phenoxy) is 2. The van der Waals surface area contributed by atoms with Crippen molar-refractivity contribution in [3.63, 3.8) is 0 Å². The van der Waals surface area contributed by atoms with Gasteiger partial charge in [-0.25, -0.2) is 14.5 Å². The maximum atomic E-state index is 13.2. The van der Waals surface area contributed by atoms with Crippen molar-refractivity contribution in [1.29, 1.82) is 0 Å². The summed E-state index contributed by atoms with van der Waals surface area (Å²) < 4.78 is 51.0. The van der Waals surface area contributed by atoms with Crippen LogP contribution in [-0.4, -0.2) is 45.3 Å². The van der Waals surface area contributed by atoms with Gasteiger partial charge in [0.2, 0.25) is 0 Å². The number of rotatable bonds is 6. The quantitative estimate of drug-likeness (QED) is 0.412. The molecule has 4 aromatic rings. The number of nitrogens with one attached hydrogen (secondary N) is 1. The van der Waals surface area contributed by atoms with E-state index in [1.165, 1.54) is 24.4 Å². The molecule has 35 heavy (non-hydrogen) atoms. The molecule has 12 heteroatoms. The Morgan fingerprint density at radius 3 is 2.60 bits per heavy atom. The molecule has 0 saturated carbocycles. The number of fused-ring (bicyclic) bond motifs is 1. The maximum absolute atomic E-state index is 13.2. The first-order valence-electron chi connectivity index (χ1n) is 10.1. The van der Waals surface area contributed by atoms with Gasteiger partial charge in [0.1, 0.15) is 18.4 Å². The molecule has 0 aliphatic carbocycles. The van der Waals surface area contributed by atoms with Crippen molar-refractivity contribution in [2.75, 3.05) is 19.0 Å². The fraction of sp³-hybridized carbons (Fsp3) is 0.174. The zero-order valence-corrected chi connectivity index (χ0v) is 18.5. The number of halogens is 3. The number of carbonyl (C=O) groups excluding carboxylic acids is 2. The van der Waals surface area contributed by atoms with Gasteiger partial charge >= 0.3 is 12.1 Å². The smallest absolute Gasteiger partial charge is 0.416 e. The summed E-state index contributed by atoms with van der Waals surface area (Å²) in [6.45, 7) is 0.884. The molecule has 1 amide bonds. The minimum atomic E-state index is -4.63. The Hall–Kier alpha value is -4.48. The average Bonchev–Trinajstić information content (AvgIpc) is 3.36. The van der Waals surface area contributed by atoms with Crippen molar-refractivity contribution < 1.29 is 32.2 Å². The van der Waals surface area contributed by atoms with E-state index in [1.54, 1.807) is 31.2 Å². The molecule has 1 N–H and O–H groups in total. The van der Waals surface area contributed by atoms with Gasteiger partial charge in [-0.15, -0.1) is 0 Å². The van der Waals surface area contributed by atoms with E-state index in [1.807, 2.05) is 0 Å². The summed E-state index contributed by atoms with van der Waals surface area (Å²) >= 11 is 0. The second-order valence-electron chi connectivity index (χ2n) is 7.37. The molecule has 0 spiro atoms. The third-order valence-corrected chi connectivity index (χ3v) is 5.03. The van der Waals surface area contributed by atoms with E-state index < -0.39 is 30.2 Å². The first kappa shape index (κ1) is 23.7. The molecule has 0 radical (unpaired) electrons. The first-order valence-corrected chi connectivity index (χ1v) is 10.1. The monoisotopic (exact) mass is 485 g/mol. The maximum Gasteiger partial charge on any atom is 0.416 e. The number of benzene rings is 2. The Bertz CT molecular complexity index is 1400. The molecule has 0 unspecified atom stereocenters. The molecule has 4 rings (SSSR count). The van der Waals surface area contributed by atoms with Gasteiger partial charge in [0, 0.05) is 5.39 Å². The number of alkyl halides is 3. The van der Waals surface area contributed by atoms with E-state index in [-0.39, 0.29) is 16.9 Å². The fourth-order valence-electron chi connectivity index (χ4n) is 3.32. The van der Waals surface area contributed by atoms with Gasteiger partial charge in [0.05, 0.1) is 40.8 Å². The predicted molar refractivity (Wildman–Crippen MR) is 118 cm³/mol. The second kappa shape index (κ2) is 9.41. The molecule has 0 aliphatic rings. The minimum absolute atomic E-state index is 0.140. The highest BCUT2D eigenvalue weighted by Crippen LogP contribution is 2.33. The Morgan fingerprint density at radius 1 is 1.11 bits per heavy atom. The molecular weight excluding hydrogens is 467 g/mol. The summed E-state index contributed by atoms with van der Waals surface area (Å²) in [6, 6.07) is 9.51. The van der Waals surface area contributed by atoms with E-state index in [9.17, 15) is 22.8 Å². The lowest BCUT2D eigenvalue weighted by molar-refractivity contribution is -0.137. The van der Waals surface area contributed by atoms with E-state index in [0.29, 0.717) is 22.3 Å². The van der Waals surface area contributed by atoms with Crippen LogP contribution in [0.5, 0.6) is 5.75 Å². The molecule has 2 aromatic carbocycles. The lowest BCUT2D eigenvalue weighted by atomic mass is 10.1. The van der Waals surface area contributed by atoms with E-state index >= 15 is 0 Å². The standard InChI is InChI=1S/C23H18F3N5O4/c1-13-17(8-14-7-16(34-2)4-5-18(14)29-13)22(33)35-10-21(32)30-19-9-15(23(24,25)26)3-6-20(19)31-12-27-11-28-31/h3-9,11-12H,10H2,1-2H3,(H,30,32). The van der Waals surface area contributed by atoms with Crippen LogP contribution in [0.15, 0.2) is 55.1 Å². The summed E-state index contributed by atoms with van der Waals surface area (Å²) in [5.74, 6) is -1.08. The number of esters is 1.